The summed E-state index contributed by atoms with van der Waals surface area (Å²) in [6, 6.07) is 6.84. The lowest BCUT2D eigenvalue weighted by atomic mass is 9.91. The smallest absolute Gasteiger partial charge is 0.335 e. The number of fused-ring (bicyclic) bond motifs is 3. The van der Waals surface area contributed by atoms with Crippen LogP contribution in [0.25, 0.3) is 22.6 Å². The minimum atomic E-state index is -0.929. The number of aromatic carboxylic acids is 1. The molecule has 2 N–H and O–H groups in total. The Balaban J connectivity index is 1.81. The average Bonchev–Trinajstić information content (AvgIpc) is 3.11. The van der Waals surface area contributed by atoms with Gasteiger partial charge in [0.15, 0.2) is 0 Å². The number of nitrogens with one attached hydrogen (secondary N) is 1. The van der Waals surface area contributed by atoms with E-state index in [1.165, 1.54) is 0 Å². The van der Waals surface area contributed by atoms with Crippen LogP contribution in [0.4, 0.5) is 0 Å². The molecule has 28 heavy (non-hydrogen) atoms. The molecule has 2 heterocycles. The number of carboxylic acids is 1. The first-order chi connectivity index (χ1) is 13.4. The molecule has 144 valence electrons. The summed E-state index contributed by atoms with van der Waals surface area (Å²) >= 11 is 0. The van der Waals surface area contributed by atoms with Crippen LogP contribution in [0.2, 0.25) is 0 Å². The molecule has 0 fully saturated rings. The van der Waals surface area contributed by atoms with E-state index in [0.29, 0.717) is 11.8 Å². The molecule has 4 rings (SSSR count). The summed E-state index contributed by atoms with van der Waals surface area (Å²) in [5.41, 5.74) is 8.14. The van der Waals surface area contributed by atoms with E-state index in [4.69, 9.17) is 15.1 Å². The molecule has 0 atom stereocenters. The minimum Gasteiger partial charge on any atom is -0.478 e. The molecule has 0 amide bonds. The Labute approximate surface area is 164 Å². The maximum atomic E-state index is 11.1. The zero-order chi connectivity index (χ0) is 20.0. The second kappa shape index (κ2) is 6.86. The zero-order valence-electron chi connectivity index (χ0n) is 16.6. The Bertz CT molecular complexity index is 1050. The van der Waals surface area contributed by atoms with Crippen molar-refractivity contribution in [3.05, 3.63) is 52.5 Å². The number of rotatable bonds is 4. The Morgan fingerprint density at radius 3 is 2.21 bits per heavy atom. The predicted octanol–water partition coefficient (Wildman–Crippen LogP) is 4.58. The van der Waals surface area contributed by atoms with Crippen LogP contribution in [0, 0.1) is 0 Å². The highest BCUT2D eigenvalue weighted by atomic mass is 16.4. The maximum absolute atomic E-state index is 11.1. The summed E-state index contributed by atoms with van der Waals surface area (Å²) < 4.78 is 0. The second-order valence-corrected chi connectivity index (χ2v) is 7.91. The van der Waals surface area contributed by atoms with Crippen LogP contribution in [0.1, 0.15) is 72.5 Å². The highest BCUT2D eigenvalue weighted by Crippen LogP contribution is 2.37. The topological polar surface area (TPSA) is 91.8 Å². The standard InChI is InChI=1S/C22H24N4O2/c1-11(2)17-18(12(3)4)24-21-16(23-17)10-9-15-19(25-26-20(15)21)13-5-7-14(8-6-13)22(27)28/h5-8,11-12H,9-10H2,1-4H3,(H,25,26)(H,27,28). The molecule has 1 aromatic carbocycles. The SMILES string of the molecule is CC(C)c1nc2c(nc1C(C)C)-c1[nH]nc(-c3ccc(C(=O)O)cc3)c1CC2. The van der Waals surface area contributed by atoms with Gasteiger partial charge >= 0.3 is 5.97 Å². The summed E-state index contributed by atoms with van der Waals surface area (Å²) in [7, 11) is 0. The molecule has 0 saturated heterocycles. The number of aryl methyl sites for hydroxylation is 1. The van der Waals surface area contributed by atoms with Crippen LogP contribution in [-0.4, -0.2) is 31.2 Å². The molecule has 0 spiro atoms. The minimum absolute atomic E-state index is 0.271. The van der Waals surface area contributed by atoms with E-state index in [1.54, 1.807) is 12.1 Å². The van der Waals surface area contributed by atoms with Crippen molar-refractivity contribution in [2.45, 2.75) is 52.4 Å². The molecule has 0 unspecified atom stereocenters. The molecule has 0 radical (unpaired) electrons. The number of carbonyl (C=O) groups is 1. The Morgan fingerprint density at radius 1 is 0.964 bits per heavy atom. The fourth-order valence-electron chi connectivity index (χ4n) is 3.78. The van der Waals surface area contributed by atoms with Crippen molar-refractivity contribution in [2.75, 3.05) is 0 Å². The first-order valence-electron chi connectivity index (χ1n) is 9.68. The van der Waals surface area contributed by atoms with Gasteiger partial charge in [0.1, 0.15) is 5.69 Å². The van der Waals surface area contributed by atoms with E-state index < -0.39 is 5.97 Å². The average molecular weight is 376 g/mol. The molecule has 2 aromatic heterocycles. The molecule has 6 heteroatoms. The van der Waals surface area contributed by atoms with Crippen molar-refractivity contribution in [3.63, 3.8) is 0 Å². The van der Waals surface area contributed by atoms with Crippen molar-refractivity contribution in [1.29, 1.82) is 0 Å². The number of hydrogen-bond donors (Lipinski definition) is 2. The molecule has 1 aliphatic carbocycles. The Morgan fingerprint density at radius 2 is 1.61 bits per heavy atom. The molecule has 0 saturated carbocycles. The summed E-state index contributed by atoms with van der Waals surface area (Å²) in [6.45, 7) is 8.61. The lowest BCUT2D eigenvalue weighted by Gasteiger charge is -2.21. The van der Waals surface area contributed by atoms with Gasteiger partial charge in [0.05, 0.1) is 34.0 Å². The molecular weight excluding hydrogens is 352 g/mol. The van der Waals surface area contributed by atoms with Crippen LogP contribution in [0.3, 0.4) is 0 Å². The number of benzene rings is 1. The molecule has 1 aliphatic rings. The molecule has 3 aromatic rings. The van der Waals surface area contributed by atoms with E-state index in [0.717, 1.165) is 58.1 Å². The number of H-pyrrole nitrogens is 1. The van der Waals surface area contributed by atoms with Crippen LogP contribution in [0.5, 0.6) is 0 Å². The molecule has 0 bridgehead atoms. The highest BCUT2D eigenvalue weighted by molar-refractivity contribution is 5.88. The van der Waals surface area contributed by atoms with Gasteiger partial charge in [-0.2, -0.15) is 5.10 Å². The summed E-state index contributed by atoms with van der Waals surface area (Å²) in [6.07, 6.45) is 1.66. The van der Waals surface area contributed by atoms with Crippen LogP contribution < -0.4 is 0 Å². The van der Waals surface area contributed by atoms with Crippen molar-refractivity contribution in [2.24, 2.45) is 0 Å². The van der Waals surface area contributed by atoms with Gasteiger partial charge < -0.3 is 5.11 Å². The quantitative estimate of drug-likeness (QED) is 0.695. The van der Waals surface area contributed by atoms with E-state index in [-0.39, 0.29) is 5.56 Å². The number of carboxylic acid groups (broad SMARTS) is 1. The van der Waals surface area contributed by atoms with Gasteiger partial charge in [-0.15, -0.1) is 0 Å². The third-order valence-corrected chi connectivity index (χ3v) is 5.24. The van der Waals surface area contributed by atoms with Gasteiger partial charge in [0.2, 0.25) is 0 Å². The summed E-state index contributed by atoms with van der Waals surface area (Å²) in [5, 5.41) is 16.8. The predicted molar refractivity (Wildman–Crippen MR) is 108 cm³/mol. The zero-order valence-corrected chi connectivity index (χ0v) is 16.6. The summed E-state index contributed by atoms with van der Waals surface area (Å²) in [5.74, 6) is -0.296. The molecule has 0 aliphatic heterocycles. The van der Waals surface area contributed by atoms with Gasteiger partial charge in [-0.05, 0) is 36.8 Å². The largest absolute Gasteiger partial charge is 0.478 e. The van der Waals surface area contributed by atoms with E-state index in [1.807, 2.05) is 12.1 Å². The van der Waals surface area contributed by atoms with Gasteiger partial charge in [0, 0.05) is 11.1 Å². The Kier molecular flexibility index (Phi) is 4.49. The third-order valence-electron chi connectivity index (χ3n) is 5.24. The van der Waals surface area contributed by atoms with Gasteiger partial charge in [-0.3, -0.25) is 10.1 Å². The van der Waals surface area contributed by atoms with E-state index >= 15 is 0 Å². The van der Waals surface area contributed by atoms with Crippen LogP contribution >= 0.6 is 0 Å². The van der Waals surface area contributed by atoms with Crippen molar-refractivity contribution >= 4 is 5.97 Å². The van der Waals surface area contributed by atoms with Gasteiger partial charge in [0.25, 0.3) is 0 Å². The van der Waals surface area contributed by atoms with Crippen molar-refractivity contribution in [1.82, 2.24) is 20.2 Å². The number of nitrogens with zero attached hydrogens (tertiary/aromatic N) is 3. The number of aromatic amines is 1. The fourth-order valence-corrected chi connectivity index (χ4v) is 3.78. The highest BCUT2D eigenvalue weighted by Gasteiger charge is 2.27. The third kappa shape index (κ3) is 2.99. The van der Waals surface area contributed by atoms with E-state index in [9.17, 15) is 4.79 Å². The van der Waals surface area contributed by atoms with Crippen LogP contribution in [-0.2, 0) is 12.8 Å². The first-order valence-corrected chi connectivity index (χ1v) is 9.68. The van der Waals surface area contributed by atoms with E-state index in [2.05, 4.69) is 37.9 Å². The van der Waals surface area contributed by atoms with Crippen molar-refractivity contribution < 1.29 is 9.90 Å². The number of hydrogen-bond acceptors (Lipinski definition) is 4. The lowest BCUT2D eigenvalue weighted by molar-refractivity contribution is 0.0697. The normalized spacial score (nSPS) is 12.9. The fraction of sp³-hybridized carbons (Fsp3) is 0.364. The molecule has 6 nitrogen and oxygen atoms in total. The molecular formula is C22H24N4O2. The second-order valence-electron chi connectivity index (χ2n) is 7.91. The van der Waals surface area contributed by atoms with Crippen molar-refractivity contribution in [3.8, 4) is 22.6 Å². The Hall–Kier alpha value is -3.02. The van der Waals surface area contributed by atoms with Crippen LogP contribution in [0.15, 0.2) is 24.3 Å². The first kappa shape index (κ1) is 18.3. The lowest BCUT2D eigenvalue weighted by Crippen LogP contribution is -2.14. The summed E-state index contributed by atoms with van der Waals surface area (Å²) in [4.78, 5) is 21.1. The van der Waals surface area contributed by atoms with Gasteiger partial charge in [-0.1, -0.05) is 39.8 Å². The monoisotopic (exact) mass is 376 g/mol. The number of aromatic nitrogens is 4. The van der Waals surface area contributed by atoms with Gasteiger partial charge in [-0.25, -0.2) is 9.78 Å². The maximum Gasteiger partial charge on any atom is 0.335 e.